The van der Waals surface area contributed by atoms with E-state index in [0.717, 1.165) is 28.0 Å². The number of cyclic esters (lactones) is 1. The van der Waals surface area contributed by atoms with Crippen molar-refractivity contribution in [2.75, 3.05) is 40.1 Å². The Balaban J connectivity index is 0.00000432. The van der Waals surface area contributed by atoms with Crippen molar-refractivity contribution in [3.63, 3.8) is 0 Å². The van der Waals surface area contributed by atoms with Gasteiger partial charge in [0.2, 0.25) is 12.7 Å². The van der Waals surface area contributed by atoms with E-state index >= 15 is 0 Å². The summed E-state index contributed by atoms with van der Waals surface area (Å²) in [6.45, 7) is 9.80. The molecule has 7 rings (SSSR count). The molecule has 2 aromatic carbocycles. The number of thioether (sulfide) groups is 1. The zero-order valence-corrected chi connectivity index (χ0v) is 35.1. The topological polar surface area (TPSA) is 143 Å². The van der Waals surface area contributed by atoms with Gasteiger partial charge in [-0.15, -0.1) is 11.8 Å². The number of rotatable bonds is 6. The number of amides is 1. The van der Waals surface area contributed by atoms with Gasteiger partial charge in [-0.2, -0.15) is 5.26 Å². The van der Waals surface area contributed by atoms with Crippen LogP contribution in [0.25, 0.3) is 0 Å². The first kappa shape index (κ1) is 37.5. The number of ether oxygens (including phenoxy) is 5. The van der Waals surface area contributed by atoms with E-state index in [4.69, 9.17) is 23.7 Å². The predicted molar refractivity (Wildman–Crippen MR) is 181 cm³/mol. The largest absolute Gasteiger partial charge is 0.507 e. The molecule has 0 aliphatic carbocycles. The monoisotopic (exact) mass is 919 g/mol. The molecule has 1 amide bonds. The molecule has 0 aromatic heterocycles. The van der Waals surface area contributed by atoms with Gasteiger partial charge in [0.15, 0.2) is 18.3 Å². The van der Waals surface area contributed by atoms with Crippen molar-refractivity contribution in [2.45, 2.75) is 89.0 Å². The molecule has 2 saturated heterocycles. The Bertz CT molecular complexity index is 1750. The van der Waals surface area contributed by atoms with Gasteiger partial charge in [0.1, 0.15) is 30.2 Å². The molecule has 4 bridgehead atoms. The number of hydrogen-bond donors (Lipinski definition) is 2. The van der Waals surface area contributed by atoms with Gasteiger partial charge in [-0.1, -0.05) is 19.9 Å². The van der Waals surface area contributed by atoms with Crippen molar-refractivity contribution in [2.24, 2.45) is 5.92 Å². The number of aryl methyl sites for hydroxylation is 1. The Morgan fingerprint density at radius 2 is 1.90 bits per heavy atom. The summed E-state index contributed by atoms with van der Waals surface area (Å²) in [7, 11) is 3.66. The van der Waals surface area contributed by atoms with Crippen LogP contribution in [0.5, 0.6) is 23.0 Å². The van der Waals surface area contributed by atoms with Crippen LogP contribution < -0.4 is 19.5 Å². The number of phenols is 1. The number of esters is 1. The van der Waals surface area contributed by atoms with Gasteiger partial charge in [0.05, 0.1) is 23.4 Å². The van der Waals surface area contributed by atoms with E-state index in [1.807, 2.05) is 20.8 Å². The van der Waals surface area contributed by atoms with Crippen LogP contribution in [0.3, 0.4) is 0 Å². The number of carbonyl (C=O) groups excluding carboxylic acids is 2. The fourth-order valence-electron chi connectivity index (χ4n) is 8.58. The number of aromatic hydroxyl groups is 1. The minimum Gasteiger partial charge on any atom is -0.507 e. The number of nitrogens with zero attached hydrogens (tertiary/aromatic N) is 3. The maximum Gasteiger partial charge on any atom is 0.329 e. The Morgan fingerprint density at radius 1 is 1.16 bits per heavy atom. The summed E-state index contributed by atoms with van der Waals surface area (Å²) < 4.78 is 29.8. The number of carbonyl (C=O) groups is 2. The molecule has 12 nitrogen and oxygen atoms in total. The van der Waals surface area contributed by atoms with Gasteiger partial charge < -0.3 is 34.1 Å². The van der Waals surface area contributed by atoms with Gasteiger partial charge in [0.25, 0.3) is 0 Å². The number of methoxy groups -OCH3 is 1. The van der Waals surface area contributed by atoms with E-state index in [1.165, 1.54) is 11.8 Å². The Hall–Kier alpha value is -2.26. The van der Waals surface area contributed by atoms with Gasteiger partial charge in [-0.05, 0) is 56.8 Å². The third-order valence-corrected chi connectivity index (χ3v) is 12.2. The SMILES string of the molecule is COCOc1c(C)c(C)cc2c1[C@@H]1C3[C@@H]4SC[C@H](NC(=O)CC(C)C)C(=O)OC[C@H](c5c6c(c(C)c(O)c54)OCO6)N3[C@@H](C#N)[C@H](C2)N1C.[Ac]. The van der Waals surface area contributed by atoms with E-state index < -0.39 is 29.3 Å². The van der Waals surface area contributed by atoms with E-state index in [2.05, 4.69) is 48.1 Å². The molecular weight excluding hydrogens is 875 g/mol. The molecule has 7 atom stereocenters. The number of phenolic OH excluding ortho intramolecular Hbond substituents is 1. The first-order valence-corrected chi connectivity index (χ1v) is 17.9. The Kier molecular flexibility index (Phi) is 11.0. The van der Waals surface area contributed by atoms with Crippen molar-refractivity contribution in [1.82, 2.24) is 15.1 Å². The zero-order valence-electron chi connectivity index (χ0n) is 29.6. The number of fused-ring (bicyclic) bond motifs is 9. The van der Waals surface area contributed by atoms with E-state index in [-0.39, 0.29) is 112 Å². The molecular formula is C36H44AcN4O8S. The summed E-state index contributed by atoms with van der Waals surface area (Å²) in [4.78, 5) is 31.1. The van der Waals surface area contributed by atoms with Crippen LogP contribution in [0.2, 0.25) is 0 Å². The molecule has 5 aliphatic heterocycles. The number of piperazine rings is 1. The number of nitrogens with one attached hydrogen (secondary N) is 1. The Morgan fingerprint density at radius 3 is 2.60 bits per heavy atom. The Labute approximate surface area is 333 Å². The maximum atomic E-state index is 13.7. The van der Waals surface area contributed by atoms with Gasteiger partial charge in [-0.3, -0.25) is 14.6 Å². The molecule has 2 aromatic rings. The van der Waals surface area contributed by atoms with Gasteiger partial charge in [0, 0.05) is 97.7 Å². The predicted octanol–water partition coefficient (Wildman–Crippen LogP) is 4.12. The molecule has 1 radical (unpaired) electrons. The number of hydrogen-bond acceptors (Lipinski definition) is 12. The summed E-state index contributed by atoms with van der Waals surface area (Å²) in [6, 6.07) is 1.89. The van der Waals surface area contributed by atoms with Crippen molar-refractivity contribution in [3.05, 3.63) is 45.0 Å². The summed E-state index contributed by atoms with van der Waals surface area (Å²) >= 11 is 1.48. The zero-order chi connectivity index (χ0) is 34.9. The summed E-state index contributed by atoms with van der Waals surface area (Å²) in [5.41, 5.74) is 6.19. The molecule has 265 valence electrons. The first-order valence-electron chi connectivity index (χ1n) is 16.8. The van der Waals surface area contributed by atoms with Crippen LogP contribution in [0, 0.1) is 82.1 Å². The number of likely N-dealkylation sites (N-methyl/N-ethyl adjacent to an activating group) is 1. The van der Waals surface area contributed by atoms with Crippen LogP contribution in [0.15, 0.2) is 6.07 Å². The quantitative estimate of drug-likeness (QED) is 0.318. The number of benzene rings is 2. The van der Waals surface area contributed by atoms with E-state index in [9.17, 15) is 20.0 Å². The first-order chi connectivity index (χ1) is 23.5. The molecule has 2 N–H and O–H groups in total. The van der Waals surface area contributed by atoms with Crippen LogP contribution in [0.1, 0.15) is 76.5 Å². The van der Waals surface area contributed by atoms with E-state index in [0.29, 0.717) is 34.6 Å². The molecule has 5 heterocycles. The second-order valence-electron chi connectivity index (χ2n) is 14.1. The van der Waals surface area contributed by atoms with E-state index in [1.54, 1.807) is 7.11 Å². The smallest absolute Gasteiger partial charge is 0.329 e. The second-order valence-corrected chi connectivity index (χ2v) is 15.3. The van der Waals surface area contributed by atoms with Crippen LogP contribution >= 0.6 is 11.8 Å². The summed E-state index contributed by atoms with van der Waals surface area (Å²) in [6.07, 6.45) is 0.896. The molecule has 2 fully saturated rings. The third kappa shape index (κ3) is 5.98. The molecule has 0 saturated carbocycles. The van der Waals surface area contributed by atoms with Crippen LogP contribution in [-0.4, -0.2) is 91.1 Å². The van der Waals surface area contributed by atoms with Crippen LogP contribution in [-0.2, 0) is 25.5 Å². The average Bonchev–Trinajstić information content (AvgIpc) is 3.55. The summed E-state index contributed by atoms with van der Waals surface area (Å²) in [5.74, 6) is 1.38. The van der Waals surface area contributed by atoms with Crippen molar-refractivity contribution in [3.8, 4) is 29.1 Å². The van der Waals surface area contributed by atoms with Gasteiger partial charge >= 0.3 is 5.97 Å². The molecule has 5 aliphatic rings. The standard InChI is InChI=1S/C36H44N4O8S.Ac/c1-16(2)8-25(41)38-21-13-49-35-28-27(34-33(47-15-48-34)19(5)31(28)42)24(12-45-36(21)43)40-23(11-37)22-10-20-9-17(3)18(4)32(46-14-44-7)26(20)29(30(35)40)39(22)6;/h9,16,21-24,29-30,35,42H,8,10,12-15H2,1-7H3,(H,38,41);/t21-,22-,23-,24+,29+,30?,35+;/m0./s1. The van der Waals surface area contributed by atoms with Gasteiger partial charge in [-0.25, -0.2) is 4.79 Å². The minimum atomic E-state index is -0.894. The normalized spacial score (nSPS) is 28.1. The molecule has 1 unspecified atom stereocenters. The fourth-order valence-corrected chi connectivity index (χ4v) is 10.1. The summed E-state index contributed by atoms with van der Waals surface area (Å²) in [5, 5.41) is 25.5. The fraction of sp³-hybridized carbons (Fsp3) is 0.583. The maximum absolute atomic E-state index is 13.7. The van der Waals surface area contributed by atoms with Crippen LogP contribution in [0.4, 0.5) is 0 Å². The van der Waals surface area contributed by atoms with Crippen molar-refractivity contribution < 1.29 is 82.4 Å². The number of nitriles is 1. The van der Waals surface area contributed by atoms with Crippen molar-refractivity contribution in [1.29, 1.82) is 5.26 Å². The molecule has 0 spiro atoms. The second kappa shape index (κ2) is 14.6. The third-order valence-electron chi connectivity index (χ3n) is 10.8. The van der Waals surface area contributed by atoms with Crippen molar-refractivity contribution >= 4 is 23.6 Å². The molecule has 14 heteroatoms. The minimum absolute atomic E-state index is 0. The molecule has 50 heavy (non-hydrogen) atoms. The average molecular weight is 920 g/mol.